The molecule has 0 aliphatic carbocycles. The summed E-state index contributed by atoms with van der Waals surface area (Å²) in [5.41, 5.74) is 3.72. The number of anilines is 1. The quantitative estimate of drug-likeness (QED) is 0.498. The van der Waals surface area contributed by atoms with E-state index in [2.05, 4.69) is 42.8 Å². The van der Waals surface area contributed by atoms with E-state index >= 15 is 0 Å². The molecule has 3 unspecified atom stereocenters. The number of halogens is 3. The summed E-state index contributed by atoms with van der Waals surface area (Å²) in [5, 5.41) is 13.7. The Morgan fingerprint density at radius 2 is 1.93 bits per heavy atom. The van der Waals surface area contributed by atoms with Crippen molar-refractivity contribution in [2.75, 3.05) is 57.4 Å². The van der Waals surface area contributed by atoms with Crippen molar-refractivity contribution in [1.29, 1.82) is 0 Å². The monoisotopic (exact) mass is 611 g/mol. The number of aromatic nitrogens is 1. The minimum absolute atomic E-state index is 0. The van der Waals surface area contributed by atoms with Gasteiger partial charge in [0.25, 0.3) is 0 Å². The van der Waals surface area contributed by atoms with Gasteiger partial charge in [-0.25, -0.2) is 4.39 Å². The molecule has 41 heavy (non-hydrogen) atoms. The number of carbonyl (C=O) groups is 1. The molecular weight excluding hydrogens is 568 g/mol. The van der Waals surface area contributed by atoms with Gasteiger partial charge in [-0.1, -0.05) is 26.0 Å². The second kappa shape index (κ2) is 14.1. The molecule has 3 aliphatic rings. The third-order valence-corrected chi connectivity index (χ3v) is 8.43. The van der Waals surface area contributed by atoms with Gasteiger partial charge in [0.2, 0.25) is 5.91 Å². The number of hydrogen-bond acceptors (Lipinski definition) is 7. The highest BCUT2D eigenvalue weighted by molar-refractivity contribution is 5.97. The van der Waals surface area contributed by atoms with Crippen LogP contribution in [0, 0.1) is 5.82 Å². The fourth-order valence-electron chi connectivity index (χ4n) is 6.14. The summed E-state index contributed by atoms with van der Waals surface area (Å²) in [7, 11) is 0. The zero-order valence-electron chi connectivity index (χ0n) is 24.4. The SMILES string of the molecule is CC1CN(CC(=O)N2CC(C)(C)c3nc(CO)c(Cc4ccc(F)cc4)cc32)C(CN2CCOCC2C)CN1.Cl.Cl. The molecule has 2 saturated heterocycles. The largest absolute Gasteiger partial charge is 0.390 e. The van der Waals surface area contributed by atoms with Crippen molar-refractivity contribution in [2.24, 2.45) is 0 Å². The number of morpholine rings is 1. The van der Waals surface area contributed by atoms with Crippen LogP contribution in [0.1, 0.15) is 50.2 Å². The summed E-state index contributed by atoms with van der Waals surface area (Å²) < 4.78 is 19.1. The van der Waals surface area contributed by atoms with Crippen LogP contribution < -0.4 is 10.2 Å². The predicted octanol–water partition coefficient (Wildman–Crippen LogP) is 3.15. The molecule has 11 heteroatoms. The number of nitrogens with one attached hydrogen (secondary N) is 1. The zero-order chi connectivity index (χ0) is 27.7. The number of ether oxygens (including phenoxy) is 1. The van der Waals surface area contributed by atoms with E-state index in [9.17, 15) is 14.3 Å². The Labute approximate surface area is 255 Å². The van der Waals surface area contributed by atoms with Crippen LogP contribution in [0.4, 0.5) is 10.1 Å². The zero-order valence-corrected chi connectivity index (χ0v) is 26.1. The lowest BCUT2D eigenvalue weighted by Crippen LogP contribution is -2.62. The third kappa shape index (κ3) is 7.57. The van der Waals surface area contributed by atoms with E-state index < -0.39 is 0 Å². The van der Waals surface area contributed by atoms with Crippen molar-refractivity contribution in [2.45, 2.75) is 64.3 Å². The molecule has 1 aromatic carbocycles. The van der Waals surface area contributed by atoms with Gasteiger partial charge in [0.1, 0.15) is 5.82 Å². The first-order valence-corrected chi connectivity index (χ1v) is 14.1. The van der Waals surface area contributed by atoms with Crippen molar-refractivity contribution >= 4 is 36.4 Å². The Morgan fingerprint density at radius 3 is 2.61 bits per heavy atom. The first-order valence-electron chi connectivity index (χ1n) is 14.1. The molecule has 2 fully saturated rings. The molecule has 4 heterocycles. The number of nitrogens with zero attached hydrogens (tertiary/aromatic N) is 4. The third-order valence-electron chi connectivity index (χ3n) is 8.43. The van der Waals surface area contributed by atoms with E-state index in [0.29, 0.717) is 37.3 Å². The fourth-order valence-corrected chi connectivity index (χ4v) is 6.14. The Kier molecular flexibility index (Phi) is 11.6. The molecule has 0 saturated carbocycles. The lowest BCUT2D eigenvalue weighted by molar-refractivity contribution is -0.121. The molecule has 228 valence electrons. The lowest BCUT2D eigenvalue weighted by Gasteiger charge is -2.43. The maximum atomic E-state index is 13.9. The van der Waals surface area contributed by atoms with Crippen LogP contribution in [-0.2, 0) is 28.0 Å². The number of hydrogen-bond donors (Lipinski definition) is 2. The average Bonchev–Trinajstić information content (AvgIpc) is 3.17. The molecule has 0 spiro atoms. The number of benzene rings is 1. The minimum atomic E-state index is -0.331. The van der Waals surface area contributed by atoms with E-state index in [1.807, 2.05) is 11.0 Å². The van der Waals surface area contributed by atoms with Gasteiger partial charge in [-0.05, 0) is 49.6 Å². The summed E-state index contributed by atoms with van der Waals surface area (Å²) in [6, 6.07) is 9.31. The van der Waals surface area contributed by atoms with Crippen LogP contribution in [0.15, 0.2) is 30.3 Å². The Morgan fingerprint density at radius 1 is 1.20 bits per heavy atom. The summed E-state index contributed by atoms with van der Waals surface area (Å²) in [5.74, 6) is -0.211. The average molecular weight is 613 g/mol. The highest BCUT2D eigenvalue weighted by Crippen LogP contribution is 2.41. The molecule has 0 radical (unpaired) electrons. The number of aliphatic hydroxyl groups excluding tert-OH is 1. The number of amides is 1. The van der Waals surface area contributed by atoms with Crippen molar-refractivity contribution in [3.63, 3.8) is 0 Å². The standard InChI is InChI=1S/C30H42FN5O3.2ClH/c1-20-14-35(25(13-32-20)15-34-9-10-39-18-21(34)2)16-28(38)36-19-30(3,4)29-27(36)12-23(26(17-37)33-29)11-22-5-7-24(31)8-6-22;;/h5-8,12,20-21,25,32,37H,9-11,13-19H2,1-4H3;2*1H. The molecular formula is C30H44Cl2FN5O3. The Balaban J connectivity index is 0.00000231. The smallest absolute Gasteiger partial charge is 0.241 e. The Bertz CT molecular complexity index is 1190. The summed E-state index contributed by atoms with van der Waals surface area (Å²) in [4.78, 5) is 25.5. The highest BCUT2D eigenvalue weighted by Gasteiger charge is 2.41. The van der Waals surface area contributed by atoms with E-state index in [4.69, 9.17) is 9.72 Å². The van der Waals surface area contributed by atoms with Gasteiger partial charge in [0.05, 0.1) is 43.4 Å². The van der Waals surface area contributed by atoms with Crippen LogP contribution in [-0.4, -0.2) is 96.4 Å². The molecule has 8 nitrogen and oxygen atoms in total. The normalized spacial score (nSPS) is 24.3. The number of rotatable bonds is 7. The van der Waals surface area contributed by atoms with E-state index in [0.717, 1.165) is 61.9 Å². The number of fused-ring (bicyclic) bond motifs is 1. The molecule has 1 aromatic heterocycles. The molecule has 3 atom stereocenters. The highest BCUT2D eigenvalue weighted by atomic mass is 35.5. The van der Waals surface area contributed by atoms with E-state index in [-0.39, 0.29) is 54.6 Å². The maximum absolute atomic E-state index is 13.9. The van der Waals surface area contributed by atoms with Crippen molar-refractivity contribution in [3.8, 4) is 0 Å². The maximum Gasteiger partial charge on any atom is 0.241 e. The number of pyridine rings is 1. The molecule has 5 rings (SSSR count). The summed E-state index contributed by atoms with van der Waals surface area (Å²) >= 11 is 0. The molecule has 2 aromatic rings. The number of piperazine rings is 1. The van der Waals surface area contributed by atoms with Gasteiger partial charge in [-0.15, -0.1) is 24.8 Å². The first kappa shape index (κ1) is 33.6. The fraction of sp³-hybridized carbons (Fsp3) is 0.600. The van der Waals surface area contributed by atoms with Gasteiger partial charge >= 0.3 is 0 Å². The van der Waals surface area contributed by atoms with Crippen LogP contribution >= 0.6 is 24.8 Å². The van der Waals surface area contributed by atoms with Crippen molar-refractivity contribution < 1.29 is 19.0 Å². The molecule has 1 amide bonds. The Hall–Kier alpha value is -1.85. The van der Waals surface area contributed by atoms with Gasteiger partial charge in [-0.3, -0.25) is 19.6 Å². The van der Waals surface area contributed by atoms with Crippen LogP contribution in [0.25, 0.3) is 0 Å². The lowest BCUT2D eigenvalue weighted by atomic mass is 9.90. The first-order chi connectivity index (χ1) is 18.6. The predicted molar refractivity (Wildman–Crippen MR) is 164 cm³/mol. The number of aliphatic hydroxyl groups is 1. The van der Waals surface area contributed by atoms with Gasteiger partial charge in [-0.2, -0.15) is 0 Å². The van der Waals surface area contributed by atoms with Gasteiger partial charge in [0, 0.05) is 56.3 Å². The minimum Gasteiger partial charge on any atom is -0.390 e. The van der Waals surface area contributed by atoms with Gasteiger partial charge in [0.15, 0.2) is 0 Å². The number of carbonyl (C=O) groups excluding carboxylic acids is 1. The molecule has 2 N–H and O–H groups in total. The van der Waals surface area contributed by atoms with Crippen LogP contribution in [0.3, 0.4) is 0 Å². The second-order valence-corrected chi connectivity index (χ2v) is 12.1. The van der Waals surface area contributed by atoms with Crippen LogP contribution in [0.2, 0.25) is 0 Å². The van der Waals surface area contributed by atoms with Gasteiger partial charge < -0.3 is 20.1 Å². The van der Waals surface area contributed by atoms with Crippen molar-refractivity contribution in [3.05, 3.63) is 58.7 Å². The van der Waals surface area contributed by atoms with E-state index in [1.165, 1.54) is 12.1 Å². The second-order valence-electron chi connectivity index (χ2n) is 12.1. The summed E-state index contributed by atoms with van der Waals surface area (Å²) in [6.45, 7) is 14.3. The van der Waals surface area contributed by atoms with Crippen LogP contribution in [0.5, 0.6) is 0 Å². The topological polar surface area (TPSA) is 81.2 Å². The van der Waals surface area contributed by atoms with E-state index in [1.54, 1.807) is 12.1 Å². The summed E-state index contributed by atoms with van der Waals surface area (Å²) in [6.07, 6.45) is 0.508. The molecule has 3 aliphatic heterocycles. The molecule has 0 bridgehead atoms. The van der Waals surface area contributed by atoms with Crippen molar-refractivity contribution in [1.82, 2.24) is 20.1 Å².